The van der Waals surface area contributed by atoms with Gasteiger partial charge in [-0.1, -0.05) is 62.2 Å². The first-order chi connectivity index (χ1) is 12.1. The lowest BCUT2D eigenvalue weighted by Crippen LogP contribution is -2.44. The normalized spacial score (nSPS) is 23.2. The Kier molecular flexibility index (Phi) is 4.27. The lowest BCUT2D eigenvalue weighted by Gasteiger charge is -2.43. The molecule has 1 saturated carbocycles. The number of hydrogen-bond donors (Lipinski definition) is 0. The maximum Gasteiger partial charge on any atom is 0.258 e. The number of hydrogen-bond acceptors (Lipinski definition) is 3. The molecule has 0 amide bonds. The summed E-state index contributed by atoms with van der Waals surface area (Å²) in [6, 6.07) is 8.52. The van der Waals surface area contributed by atoms with Crippen LogP contribution in [0.1, 0.15) is 50.2 Å². The van der Waals surface area contributed by atoms with Crippen LogP contribution in [0, 0.1) is 5.92 Å². The van der Waals surface area contributed by atoms with Gasteiger partial charge in [0.1, 0.15) is 0 Å². The average molecular weight is 355 g/mol. The Bertz CT molecular complexity index is 867. The second-order valence-electron chi connectivity index (χ2n) is 7.77. The highest BCUT2D eigenvalue weighted by Crippen LogP contribution is 2.49. The van der Waals surface area contributed by atoms with E-state index in [2.05, 4.69) is 31.2 Å². The molecule has 2 aliphatic rings. The van der Waals surface area contributed by atoms with Gasteiger partial charge in [0.15, 0.2) is 5.16 Å². The molecule has 0 unspecified atom stereocenters. The van der Waals surface area contributed by atoms with E-state index < -0.39 is 0 Å². The first-order valence-corrected chi connectivity index (χ1v) is 10.5. The minimum absolute atomic E-state index is 0.108. The molecule has 0 saturated heterocycles. The minimum atomic E-state index is -0.108. The third-order valence-corrected chi connectivity index (χ3v) is 7.07. The highest BCUT2D eigenvalue weighted by Gasteiger charge is 2.44. The van der Waals surface area contributed by atoms with Gasteiger partial charge in [-0.2, -0.15) is 0 Å². The molecule has 2 aliphatic carbocycles. The predicted octanol–water partition coefficient (Wildman–Crippen LogP) is 4.56. The Labute approximate surface area is 153 Å². The topological polar surface area (TPSA) is 34.9 Å². The van der Waals surface area contributed by atoms with E-state index in [1.165, 1.54) is 37.7 Å². The quantitative estimate of drug-likeness (QED) is 0.585. The molecule has 1 fully saturated rings. The second kappa shape index (κ2) is 6.31. The van der Waals surface area contributed by atoms with E-state index in [1.807, 2.05) is 13.3 Å². The molecule has 3 nitrogen and oxygen atoms in total. The molecule has 2 aromatic rings. The molecule has 0 N–H and O–H groups in total. The Hall–Kier alpha value is -1.55. The summed E-state index contributed by atoms with van der Waals surface area (Å²) in [5, 5.41) is 0.798. The number of thioether (sulfide) groups is 1. The van der Waals surface area contributed by atoms with Gasteiger partial charge in [-0.15, -0.1) is 0 Å². The Balaban J connectivity index is 2.00. The van der Waals surface area contributed by atoms with Crippen molar-refractivity contribution in [2.75, 3.05) is 6.26 Å². The van der Waals surface area contributed by atoms with Gasteiger partial charge in [0.05, 0.1) is 11.3 Å². The molecule has 4 heteroatoms. The van der Waals surface area contributed by atoms with E-state index in [-0.39, 0.29) is 11.0 Å². The Morgan fingerprint density at radius 1 is 1.20 bits per heavy atom. The molecule has 0 spiro atoms. The van der Waals surface area contributed by atoms with Crippen molar-refractivity contribution in [1.82, 2.24) is 9.55 Å². The highest BCUT2D eigenvalue weighted by atomic mass is 32.2. The van der Waals surface area contributed by atoms with Gasteiger partial charge < -0.3 is 0 Å². The van der Waals surface area contributed by atoms with Gasteiger partial charge in [0.2, 0.25) is 0 Å². The third-order valence-electron chi connectivity index (χ3n) is 6.34. The summed E-state index contributed by atoms with van der Waals surface area (Å²) in [5.74, 6) is 0.572. The van der Waals surface area contributed by atoms with Crippen LogP contribution in [0.3, 0.4) is 0 Å². The van der Waals surface area contributed by atoms with Crippen LogP contribution < -0.4 is 5.56 Å². The van der Waals surface area contributed by atoms with E-state index in [9.17, 15) is 4.79 Å². The van der Waals surface area contributed by atoms with Crippen LogP contribution in [0.2, 0.25) is 0 Å². The third kappa shape index (κ3) is 2.57. The SMILES string of the molecule is CSc1nc2c(c(=O)n1C)[C@](C)(C1CCCCC1)Cc1ccccc1-2. The summed E-state index contributed by atoms with van der Waals surface area (Å²) in [7, 11) is 1.86. The van der Waals surface area contributed by atoms with Gasteiger partial charge in [0, 0.05) is 18.0 Å². The van der Waals surface area contributed by atoms with Crippen molar-refractivity contribution in [2.45, 2.75) is 56.0 Å². The maximum atomic E-state index is 13.4. The summed E-state index contributed by atoms with van der Waals surface area (Å²) in [4.78, 5) is 18.3. The molecule has 1 aromatic carbocycles. The van der Waals surface area contributed by atoms with Crippen molar-refractivity contribution < 1.29 is 0 Å². The minimum Gasteiger partial charge on any atom is -0.290 e. The fraction of sp³-hybridized carbons (Fsp3) is 0.524. The molecule has 0 bridgehead atoms. The maximum absolute atomic E-state index is 13.4. The molecule has 1 heterocycles. The summed E-state index contributed by atoms with van der Waals surface area (Å²) >= 11 is 1.54. The van der Waals surface area contributed by atoms with E-state index in [0.29, 0.717) is 5.92 Å². The zero-order valence-electron chi connectivity index (χ0n) is 15.3. The summed E-state index contributed by atoms with van der Waals surface area (Å²) in [6.07, 6.45) is 9.30. The standard InChI is InChI=1S/C21H26N2OS/c1-21(15-10-5-4-6-11-15)13-14-9-7-8-12-16(14)18-17(21)19(24)23(2)20(22-18)25-3/h7-9,12,15H,4-6,10-11,13H2,1-3H3/t21-/m0/s1. The van der Waals surface area contributed by atoms with E-state index in [4.69, 9.17) is 4.98 Å². The zero-order chi connectivity index (χ0) is 17.6. The first kappa shape index (κ1) is 16.9. The van der Waals surface area contributed by atoms with Crippen molar-refractivity contribution >= 4 is 11.8 Å². The van der Waals surface area contributed by atoms with Crippen molar-refractivity contribution in [3.63, 3.8) is 0 Å². The monoisotopic (exact) mass is 354 g/mol. The lowest BCUT2D eigenvalue weighted by atomic mass is 9.60. The van der Waals surface area contributed by atoms with Gasteiger partial charge in [0.25, 0.3) is 5.56 Å². The first-order valence-electron chi connectivity index (χ1n) is 9.30. The molecule has 1 aromatic heterocycles. The summed E-state index contributed by atoms with van der Waals surface area (Å²) in [6.45, 7) is 2.32. The smallest absolute Gasteiger partial charge is 0.258 e. The van der Waals surface area contributed by atoms with Crippen LogP contribution in [-0.4, -0.2) is 15.8 Å². The average Bonchev–Trinajstić information content (AvgIpc) is 2.65. The zero-order valence-corrected chi connectivity index (χ0v) is 16.2. The fourth-order valence-electron chi connectivity index (χ4n) is 4.95. The molecule has 4 rings (SSSR count). The highest BCUT2D eigenvalue weighted by molar-refractivity contribution is 7.98. The van der Waals surface area contributed by atoms with Gasteiger partial charge in [-0.25, -0.2) is 4.98 Å². The van der Waals surface area contributed by atoms with Crippen LogP contribution >= 0.6 is 11.8 Å². The van der Waals surface area contributed by atoms with Gasteiger partial charge in [-0.3, -0.25) is 9.36 Å². The number of aromatic nitrogens is 2. The fourth-order valence-corrected chi connectivity index (χ4v) is 5.49. The van der Waals surface area contributed by atoms with E-state index >= 15 is 0 Å². The number of nitrogens with zero attached hydrogens (tertiary/aromatic N) is 2. The Morgan fingerprint density at radius 2 is 1.92 bits per heavy atom. The molecule has 132 valence electrons. The van der Waals surface area contributed by atoms with Gasteiger partial charge in [-0.05, 0) is 37.0 Å². The van der Waals surface area contributed by atoms with Crippen molar-refractivity contribution in [2.24, 2.45) is 13.0 Å². The Morgan fingerprint density at radius 3 is 2.64 bits per heavy atom. The number of rotatable bonds is 2. The van der Waals surface area contributed by atoms with E-state index in [0.717, 1.165) is 28.4 Å². The van der Waals surface area contributed by atoms with E-state index in [1.54, 1.807) is 16.3 Å². The largest absolute Gasteiger partial charge is 0.290 e. The lowest BCUT2D eigenvalue weighted by molar-refractivity contribution is 0.212. The summed E-state index contributed by atoms with van der Waals surface area (Å²) in [5.41, 5.74) is 4.43. The molecule has 0 radical (unpaired) electrons. The van der Waals surface area contributed by atoms with Crippen LogP contribution in [0.15, 0.2) is 34.2 Å². The van der Waals surface area contributed by atoms with Crippen LogP contribution in [0.4, 0.5) is 0 Å². The molecule has 25 heavy (non-hydrogen) atoms. The predicted molar refractivity (Wildman–Crippen MR) is 104 cm³/mol. The van der Waals surface area contributed by atoms with Crippen LogP contribution in [0.5, 0.6) is 0 Å². The van der Waals surface area contributed by atoms with Crippen LogP contribution in [-0.2, 0) is 18.9 Å². The molecular weight excluding hydrogens is 328 g/mol. The molecule has 0 aliphatic heterocycles. The van der Waals surface area contributed by atoms with Crippen molar-refractivity contribution in [3.8, 4) is 11.3 Å². The molecule has 1 atom stereocenters. The van der Waals surface area contributed by atoms with Crippen molar-refractivity contribution in [1.29, 1.82) is 0 Å². The number of benzene rings is 1. The van der Waals surface area contributed by atoms with Crippen LogP contribution in [0.25, 0.3) is 11.3 Å². The second-order valence-corrected chi connectivity index (χ2v) is 8.55. The molecular formula is C21H26N2OS. The summed E-state index contributed by atoms with van der Waals surface area (Å²) < 4.78 is 1.75. The number of fused-ring (bicyclic) bond motifs is 3. The van der Waals surface area contributed by atoms with Gasteiger partial charge >= 0.3 is 0 Å². The van der Waals surface area contributed by atoms with Crippen molar-refractivity contribution in [3.05, 3.63) is 45.7 Å².